The molecule has 1 saturated carbocycles. The van der Waals surface area contributed by atoms with Crippen LogP contribution in [0.1, 0.15) is 31.2 Å². The minimum absolute atomic E-state index is 0.180. The van der Waals surface area contributed by atoms with E-state index in [1.807, 2.05) is 12.2 Å². The van der Waals surface area contributed by atoms with Gasteiger partial charge in [0.25, 0.3) is 0 Å². The van der Waals surface area contributed by atoms with Gasteiger partial charge in [0.1, 0.15) is 0 Å². The van der Waals surface area contributed by atoms with Gasteiger partial charge in [-0.2, -0.15) is 0 Å². The van der Waals surface area contributed by atoms with Crippen LogP contribution in [0.2, 0.25) is 0 Å². The summed E-state index contributed by atoms with van der Waals surface area (Å²) in [6.07, 6.45) is 15.5. The Balaban J connectivity index is 2.09. The number of esters is 1. The number of methoxy groups -OCH3 is 1. The highest BCUT2D eigenvalue weighted by atomic mass is 16.5. The van der Waals surface area contributed by atoms with Gasteiger partial charge in [-0.3, -0.25) is 4.79 Å². The highest BCUT2D eigenvalue weighted by Crippen LogP contribution is 2.38. The SMILES string of the molecule is C=C/C=C/[C@@H]1[C@@H](Cc2ccccc2)CCC[C@H]1/C=C\CC(=O)OC. The quantitative estimate of drug-likeness (QED) is 0.395. The van der Waals surface area contributed by atoms with Crippen molar-refractivity contribution in [3.63, 3.8) is 0 Å². The van der Waals surface area contributed by atoms with E-state index in [2.05, 4.69) is 55.1 Å². The summed E-state index contributed by atoms with van der Waals surface area (Å²) in [5.41, 5.74) is 1.40. The van der Waals surface area contributed by atoms with E-state index in [1.54, 1.807) is 0 Å². The Morgan fingerprint density at radius 1 is 1.25 bits per heavy atom. The normalized spacial score (nSPS) is 24.3. The molecule has 0 unspecified atom stereocenters. The van der Waals surface area contributed by atoms with Gasteiger partial charge in [-0.1, -0.05) is 73.7 Å². The summed E-state index contributed by atoms with van der Waals surface area (Å²) >= 11 is 0. The second-order valence-corrected chi connectivity index (χ2v) is 6.45. The molecule has 24 heavy (non-hydrogen) atoms. The molecule has 2 heteroatoms. The van der Waals surface area contributed by atoms with Crippen molar-refractivity contribution >= 4 is 5.97 Å². The van der Waals surface area contributed by atoms with Gasteiger partial charge in [-0.15, -0.1) is 0 Å². The van der Waals surface area contributed by atoms with Gasteiger partial charge in [0.05, 0.1) is 13.5 Å². The predicted molar refractivity (Wildman–Crippen MR) is 99.6 cm³/mol. The minimum Gasteiger partial charge on any atom is -0.469 e. The highest BCUT2D eigenvalue weighted by Gasteiger charge is 2.29. The second kappa shape index (κ2) is 9.92. The van der Waals surface area contributed by atoms with E-state index in [1.165, 1.54) is 31.9 Å². The molecular formula is C22H28O2. The summed E-state index contributed by atoms with van der Waals surface area (Å²) in [5, 5.41) is 0. The molecule has 2 nitrogen and oxygen atoms in total. The number of hydrogen-bond donors (Lipinski definition) is 0. The molecule has 0 heterocycles. The Morgan fingerprint density at radius 3 is 2.75 bits per heavy atom. The lowest BCUT2D eigenvalue weighted by atomic mass is 9.69. The molecule has 1 fully saturated rings. The van der Waals surface area contributed by atoms with E-state index in [4.69, 9.17) is 4.74 Å². The zero-order chi connectivity index (χ0) is 17.2. The number of hydrogen-bond acceptors (Lipinski definition) is 2. The third-order valence-corrected chi connectivity index (χ3v) is 4.86. The summed E-state index contributed by atoms with van der Waals surface area (Å²) in [6, 6.07) is 10.7. The van der Waals surface area contributed by atoms with Crippen LogP contribution in [0.3, 0.4) is 0 Å². The number of rotatable bonds is 7. The molecule has 128 valence electrons. The van der Waals surface area contributed by atoms with Gasteiger partial charge in [-0.25, -0.2) is 0 Å². The van der Waals surface area contributed by atoms with Crippen LogP contribution in [0, 0.1) is 17.8 Å². The van der Waals surface area contributed by atoms with Gasteiger partial charge >= 0.3 is 5.97 Å². The molecule has 3 atom stereocenters. The van der Waals surface area contributed by atoms with E-state index in [0.29, 0.717) is 24.2 Å². The lowest BCUT2D eigenvalue weighted by Crippen LogP contribution is -2.27. The van der Waals surface area contributed by atoms with Crippen molar-refractivity contribution in [1.82, 2.24) is 0 Å². The van der Waals surface area contributed by atoms with Crippen LogP contribution in [-0.4, -0.2) is 13.1 Å². The fourth-order valence-electron chi connectivity index (χ4n) is 3.66. The van der Waals surface area contributed by atoms with Crippen LogP contribution in [0.5, 0.6) is 0 Å². The van der Waals surface area contributed by atoms with Crippen molar-refractivity contribution in [1.29, 1.82) is 0 Å². The van der Waals surface area contributed by atoms with Crippen LogP contribution in [0.4, 0.5) is 0 Å². The average molecular weight is 324 g/mol. The summed E-state index contributed by atoms with van der Waals surface area (Å²) in [5.74, 6) is 1.42. The summed E-state index contributed by atoms with van der Waals surface area (Å²) < 4.78 is 4.71. The van der Waals surface area contributed by atoms with Crippen LogP contribution < -0.4 is 0 Å². The van der Waals surface area contributed by atoms with Crippen LogP contribution in [0.15, 0.2) is 67.3 Å². The first-order chi connectivity index (χ1) is 11.7. The maximum absolute atomic E-state index is 11.3. The Hall–Kier alpha value is -2.09. The Bertz CT molecular complexity index is 571. The van der Waals surface area contributed by atoms with Gasteiger partial charge < -0.3 is 4.74 Å². The fraction of sp³-hybridized carbons (Fsp3) is 0.409. The molecule has 1 aliphatic carbocycles. The molecule has 1 aromatic carbocycles. The highest BCUT2D eigenvalue weighted by molar-refractivity contribution is 5.70. The zero-order valence-corrected chi connectivity index (χ0v) is 14.6. The summed E-state index contributed by atoms with van der Waals surface area (Å²) in [6.45, 7) is 3.81. The molecule has 0 spiro atoms. The first-order valence-electron chi connectivity index (χ1n) is 8.81. The van der Waals surface area contributed by atoms with Crippen LogP contribution >= 0.6 is 0 Å². The topological polar surface area (TPSA) is 26.3 Å². The molecule has 1 aromatic rings. The molecule has 0 bridgehead atoms. The zero-order valence-electron chi connectivity index (χ0n) is 14.6. The van der Waals surface area contributed by atoms with Crippen molar-refractivity contribution in [3.05, 3.63) is 72.9 Å². The summed E-state index contributed by atoms with van der Waals surface area (Å²) in [7, 11) is 1.43. The molecule has 0 aliphatic heterocycles. The minimum atomic E-state index is -0.180. The number of ether oxygens (including phenoxy) is 1. The number of carbonyl (C=O) groups is 1. The van der Waals surface area contributed by atoms with Crippen molar-refractivity contribution in [2.45, 2.75) is 32.1 Å². The van der Waals surface area contributed by atoms with Gasteiger partial charge in [0.15, 0.2) is 0 Å². The molecule has 0 N–H and O–H groups in total. The van der Waals surface area contributed by atoms with Gasteiger partial charge in [0.2, 0.25) is 0 Å². The Labute approximate surface area is 145 Å². The predicted octanol–water partition coefficient (Wildman–Crippen LogP) is 5.12. The smallest absolute Gasteiger partial charge is 0.309 e. The van der Waals surface area contributed by atoms with Crippen molar-refractivity contribution in [2.75, 3.05) is 7.11 Å². The van der Waals surface area contributed by atoms with Crippen LogP contribution in [0.25, 0.3) is 0 Å². The number of benzene rings is 1. The largest absolute Gasteiger partial charge is 0.469 e. The number of carbonyl (C=O) groups excluding carboxylic acids is 1. The standard InChI is InChI=1S/C22H28O2/c1-3-4-15-21-19(13-9-16-22(23)24-2)12-8-14-20(21)17-18-10-6-5-7-11-18/h3-7,9-11,13,15,19-21H,1,8,12,14,16-17H2,2H3/b13-9-,15-4+/t19-,20+,21-/m0/s1. The molecule has 0 saturated heterocycles. The fourth-order valence-corrected chi connectivity index (χ4v) is 3.66. The maximum atomic E-state index is 11.3. The third kappa shape index (κ3) is 5.52. The Morgan fingerprint density at radius 2 is 2.04 bits per heavy atom. The van der Waals surface area contributed by atoms with E-state index in [-0.39, 0.29) is 5.97 Å². The van der Waals surface area contributed by atoms with E-state index in [9.17, 15) is 4.79 Å². The second-order valence-electron chi connectivity index (χ2n) is 6.45. The Kier molecular flexibility index (Phi) is 7.54. The molecule has 1 aliphatic rings. The first-order valence-corrected chi connectivity index (χ1v) is 8.81. The average Bonchev–Trinajstić information content (AvgIpc) is 2.62. The van der Waals surface area contributed by atoms with Gasteiger partial charge in [-0.05, 0) is 42.6 Å². The van der Waals surface area contributed by atoms with Gasteiger partial charge in [0, 0.05) is 0 Å². The maximum Gasteiger partial charge on any atom is 0.309 e. The molecule has 2 rings (SSSR count). The third-order valence-electron chi connectivity index (χ3n) is 4.86. The number of allylic oxidation sites excluding steroid dienone is 4. The van der Waals surface area contributed by atoms with E-state index in [0.717, 1.165) is 6.42 Å². The van der Waals surface area contributed by atoms with E-state index < -0.39 is 0 Å². The molecular weight excluding hydrogens is 296 g/mol. The lowest BCUT2D eigenvalue weighted by molar-refractivity contribution is -0.139. The summed E-state index contributed by atoms with van der Waals surface area (Å²) in [4.78, 5) is 11.3. The van der Waals surface area contributed by atoms with Crippen molar-refractivity contribution < 1.29 is 9.53 Å². The van der Waals surface area contributed by atoms with E-state index >= 15 is 0 Å². The molecule has 0 aromatic heterocycles. The van der Waals surface area contributed by atoms with Crippen molar-refractivity contribution in [2.24, 2.45) is 17.8 Å². The van der Waals surface area contributed by atoms with Crippen molar-refractivity contribution in [3.8, 4) is 0 Å². The lowest BCUT2D eigenvalue weighted by Gasteiger charge is -2.35. The first kappa shape index (κ1) is 18.3. The monoisotopic (exact) mass is 324 g/mol. The molecule has 0 amide bonds. The van der Waals surface area contributed by atoms with Crippen LogP contribution in [-0.2, 0) is 16.0 Å². The molecule has 0 radical (unpaired) electrons.